The van der Waals surface area contributed by atoms with E-state index in [9.17, 15) is 4.79 Å². The Morgan fingerprint density at radius 3 is 2.95 bits per heavy atom. The smallest absolute Gasteiger partial charge is 0.257 e. The van der Waals surface area contributed by atoms with Gasteiger partial charge in [-0.05, 0) is 37.8 Å². The molecule has 1 aromatic heterocycles. The largest absolute Gasteiger partial charge is 0.383 e. The Labute approximate surface area is 118 Å². The lowest BCUT2D eigenvalue weighted by molar-refractivity contribution is 0.0594. The molecule has 104 valence electrons. The topological polar surface area (TPSA) is 42.4 Å². The van der Waals surface area contributed by atoms with E-state index in [1.165, 1.54) is 12.8 Å². The van der Waals surface area contributed by atoms with Crippen molar-refractivity contribution in [2.45, 2.75) is 25.8 Å². The molecule has 1 aliphatic carbocycles. The average Bonchev–Trinajstić information content (AvgIpc) is 3.23. The minimum Gasteiger partial charge on any atom is -0.383 e. The van der Waals surface area contributed by atoms with E-state index in [4.69, 9.17) is 16.3 Å². The van der Waals surface area contributed by atoms with Crippen molar-refractivity contribution in [1.82, 2.24) is 9.88 Å². The molecule has 0 saturated heterocycles. The maximum absolute atomic E-state index is 12.6. The zero-order valence-corrected chi connectivity index (χ0v) is 12.1. The molecule has 1 atom stereocenters. The highest BCUT2D eigenvalue weighted by molar-refractivity contribution is 6.32. The van der Waals surface area contributed by atoms with E-state index in [1.807, 2.05) is 4.90 Å². The van der Waals surface area contributed by atoms with Crippen LogP contribution in [0.5, 0.6) is 0 Å². The van der Waals surface area contributed by atoms with E-state index in [0.29, 0.717) is 24.6 Å². The highest BCUT2D eigenvalue weighted by atomic mass is 35.5. The fraction of sp³-hybridized carbons (Fsp3) is 0.571. The summed E-state index contributed by atoms with van der Waals surface area (Å²) in [4.78, 5) is 18.4. The molecule has 0 N–H and O–H groups in total. The van der Waals surface area contributed by atoms with Crippen LogP contribution >= 0.6 is 11.6 Å². The molecule has 19 heavy (non-hydrogen) atoms. The van der Waals surface area contributed by atoms with Gasteiger partial charge in [0.1, 0.15) is 5.15 Å². The maximum atomic E-state index is 12.6. The van der Waals surface area contributed by atoms with Crippen LogP contribution in [0, 0.1) is 5.92 Å². The van der Waals surface area contributed by atoms with Crippen LogP contribution in [-0.2, 0) is 4.74 Å². The van der Waals surface area contributed by atoms with Crippen LogP contribution in [0.3, 0.4) is 0 Å². The fourth-order valence-corrected chi connectivity index (χ4v) is 2.41. The van der Waals surface area contributed by atoms with Gasteiger partial charge in [-0.15, -0.1) is 0 Å². The van der Waals surface area contributed by atoms with E-state index in [1.54, 1.807) is 25.4 Å². The molecule has 0 aliphatic heterocycles. The molecule has 1 aromatic rings. The molecule has 4 nitrogen and oxygen atoms in total. The standard InChI is InChI=1S/C14H19ClN2O2/c1-10(11-5-6-11)17(8-9-19-2)14(18)12-4-3-7-16-13(12)15/h3-4,7,10-11H,5-6,8-9H2,1-2H3. The van der Waals surface area contributed by atoms with Gasteiger partial charge in [0.25, 0.3) is 5.91 Å². The van der Waals surface area contributed by atoms with Crippen LogP contribution in [0.15, 0.2) is 18.3 Å². The summed E-state index contributed by atoms with van der Waals surface area (Å²) in [5.41, 5.74) is 0.466. The van der Waals surface area contributed by atoms with Crippen LogP contribution < -0.4 is 0 Å². The zero-order chi connectivity index (χ0) is 13.8. The van der Waals surface area contributed by atoms with Crippen molar-refractivity contribution >= 4 is 17.5 Å². The summed E-state index contributed by atoms with van der Waals surface area (Å²) >= 11 is 6.01. The van der Waals surface area contributed by atoms with Gasteiger partial charge in [-0.3, -0.25) is 4.79 Å². The van der Waals surface area contributed by atoms with Crippen molar-refractivity contribution in [3.05, 3.63) is 29.0 Å². The third kappa shape index (κ3) is 3.45. The lowest BCUT2D eigenvalue weighted by atomic mass is 10.1. The van der Waals surface area contributed by atoms with Crippen LogP contribution in [0.1, 0.15) is 30.1 Å². The van der Waals surface area contributed by atoms with Crippen LogP contribution in [0.2, 0.25) is 5.15 Å². The lowest BCUT2D eigenvalue weighted by Gasteiger charge is -2.29. The SMILES string of the molecule is COCCN(C(=O)c1cccnc1Cl)C(C)C1CC1. The summed E-state index contributed by atoms with van der Waals surface area (Å²) < 4.78 is 5.10. The summed E-state index contributed by atoms with van der Waals surface area (Å²) in [6.07, 6.45) is 3.97. The van der Waals surface area contributed by atoms with Crippen molar-refractivity contribution in [1.29, 1.82) is 0 Å². The van der Waals surface area contributed by atoms with Gasteiger partial charge in [0.05, 0.1) is 12.2 Å². The van der Waals surface area contributed by atoms with Crippen molar-refractivity contribution in [3.63, 3.8) is 0 Å². The maximum Gasteiger partial charge on any atom is 0.257 e. The fourth-order valence-electron chi connectivity index (χ4n) is 2.21. The molecule has 2 rings (SSSR count). The first-order chi connectivity index (χ1) is 9.15. The summed E-state index contributed by atoms with van der Waals surface area (Å²) in [5.74, 6) is 0.547. The first-order valence-electron chi connectivity index (χ1n) is 6.55. The van der Waals surface area contributed by atoms with Crippen LogP contribution in [-0.4, -0.2) is 42.1 Å². The molecule has 1 heterocycles. The Balaban J connectivity index is 2.17. The van der Waals surface area contributed by atoms with E-state index in [-0.39, 0.29) is 17.1 Å². The second kappa shape index (κ2) is 6.35. The van der Waals surface area contributed by atoms with Crippen molar-refractivity contribution < 1.29 is 9.53 Å². The molecule has 1 aliphatic rings. The van der Waals surface area contributed by atoms with Gasteiger partial charge in [0.2, 0.25) is 0 Å². The Morgan fingerprint density at radius 1 is 1.63 bits per heavy atom. The zero-order valence-electron chi connectivity index (χ0n) is 11.3. The number of hydrogen-bond acceptors (Lipinski definition) is 3. The van der Waals surface area contributed by atoms with Crippen molar-refractivity contribution in [2.24, 2.45) is 5.92 Å². The number of carbonyl (C=O) groups is 1. The molecule has 1 fully saturated rings. The van der Waals surface area contributed by atoms with E-state index in [0.717, 1.165) is 0 Å². The summed E-state index contributed by atoms with van der Waals surface area (Å²) in [6.45, 7) is 3.20. The summed E-state index contributed by atoms with van der Waals surface area (Å²) in [5, 5.41) is 0.262. The first kappa shape index (κ1) is 14.3. The first-order valence-corrected chi connectivity index (χ1v) is 6.93. The third-order valence-electron chi connectivity index (χ3n) is 3.58. The number of aromatic nitrogens is 1. The monoisotopic (exact) mass is 282 g/mol. The summed E-state index contributed by atoms with van der Waals surface area (Å²) in [7, 11) is 1.64. The number of pyridine rings is 1. The average molecular weight is 283 g/mol. The Kier molecular flexibility index (Phi) is 4.77. The number of methoxy groups -OCH3 is 1. The predicted molar refractivity (Wildman–Crippen MR) is 74.3 cm³/mol. The highest BCUT2D eigenvalue weighted by Gasteiger charge is 2.34. The number of rotatable bonds is 6. The van der Waals surface area contributed by atoms with Gasteiger partial charge in [-0.2, -0.15) is 0 Å². The van der Waals surface area contributed by atoms with Gasteiger partial charge in [-0.25, -0.2) is 4.98 Å². The molecule has 1 saturated carbocycles. The van der Waals surface area contributed by atoms with E-state index in [2.05, 4.69) is 11.9 Å². The highest BCUT2D eigenvalue weighted by Crippen LogP contribution is 2.35. The third-order valence-corrected chi connectivity index (χ3v) is 3.88. The van der Waals surface area contributed by atoms with E-state index >= 15 is 0 Å². The van der Waals surface area contributed by atoms with Crippen molar-refractivity contribution in [2.75, 3.05) is 20.3 Å². The molecule has 0 bridgehead atoms. The second-order valence-corrected chi connectivity index (χ2v) is 5.27. The number of halogens is 1. The number of hydrogen-bond donors (Lipinski definition) is 0. The molecular weight excluding hydrogens is 264 g/mol. The molecule has 1 unspecified atom stereocenters. The molecule has 5 heteroatoms. The van der Waals surface area contributed by atoms with Crippen LogP contribution in [0.4, 0.5) is 0 Å². The minimum atomic E-state index is -0.0606. The normalized spacial score (nSPS) is 16.2. The predicted octanol–water partition coefficient (Wildman–Crippen LogP) is 2.62. The molecule has 0 radical (unpaired) electrons. The lowest BCUT2D eigenvalue weighted by Crippen LogP contribution is -2.42. The second-order valence-electron chi connectivity index (χ2n) is 4.91. The number of amides is 1. The Morgan fingerprint density at radius 2 is 2.37 bits per heavy atom. The number of nitrogens with zero attached hydrogens (tertiary/aromatic N) is 2. The van der Waals surface area contributed by atoms with Crippen molar-refractivity contribution in [3.8, 4) is 0 Å². The minimum absolute atomic E-state index is 0.0606. The number of ether oxygens (including phenoxy) is 1. The molecular formula is C14H19ClN2O2. The quantitative estimate of drug-likeness (QED) is 0.753. The van der Waals surface area contributed by atoms with E-state index < -0.39 is 0 Å². The van der Waals surface area contributed by atoms with Gasteiger partial charge in [0, 0.05) is 25.9 Å². The molecule has 1 amide bonds. The van der Waals surface area contributed by atoms with Gasteiger partial charge < -0.3 is 9.64 Å². The summed E-state index contributed by atoms with van der Waals surface area (Å²) in [6, 6.07) is 3.67. The number of carbonyl (C=O) groups excluding carboxylic acids is 1. The Bertz CT molecular complexity index is 449. The molecule has 0 spiro atoms. The van der Waals surface area contributed by atoms with Gasteiger partial charge in [0.15, 0.2) is 0 Å². The Hall–Kier alpha value is -1.13. The van der Waals surface area contributed by atoms with Gasteiger partial charge in [-0.1, -0.05) is 11.6 Å². The van der Waals surface area contributed by atoms with Gasteiger partial charge >= 0.3 is 0 Å². The van der Waals surface area contributed by atoms with Crippen LogP contribution in [0.25, 0.3) is 0 Å². The molecule has 0 aromatic carbocycles.